The number of para-hydroxylation sites is 1. The Balaban J connectivity index is 2.10. The van der Waals surface area contributed by atoms with E-state index >= 15 is 0 Å². The van der Waals surface area contributed by atoms with Crippen LogP contribution in [0.25, 0.3) is 10.9 Å². The van der Waals surface area contributed by atoms with E-state index in [-0.39, 0.29) is 12.3 Å². The number of aromatic nitrogens is 2. The highest BCUT2D eigenvalue weighted by Gasteiger charge is 2.21. The maximum Gasteiger partial charge on any atom is 0.308 e. The highest BCUT2D eigenvalue weighted by molar-refractivity contribution is 5.88. The van der Waals surface area contributed by atoms with Gasteiger partial charge in [-0.1, -0.05) is 18.2 Å². The molecule has 2 N–H and O–H groups in total. The minimum atomic E-state index is -0.925. The number of aryl methyl sites for hydroxylation is 1. The number of hydrogen-bond acceptors (Lipinski definition) is 3. The second-order valence-electron chi connectivity index (χ2n) is 5.25. The molecule has 6 nitrogen and oxygen atoms in total. The first-order valence-corrected chi connectivity index (χ1v) is 6.83. The van der Waals surface area contributed by atoms with Crippen LogP contribution in [0.1, 0.15) is 19.5 Å². The number of hydrogen-bond donors (Lipinski definition) is 2. The van der Waals surface area contributed by atoms with Crippen LogP contribution in [0.15, 0.2) is 24.3 Å². The molecule has 2 aromatic rings. The van der Waals surface area contributed by atoms with Gasteiger partial charge in [-0.25, -0.2) is 0 Å². The zero-order valence-electron chi connectivity index (χ0n) is 12.3. The highest BCUT2D eigenvalue weighted by atomic mass is 16.4. The molecule has 1 amide bonds. The Hall–Kier alpha value is -2.37. The molecule has 0 saturated carbocycles. The van der Waals surface area contributed by atoms with Gasteiger partial charge in [0, 0.05) is 18.5 Å². The van der Waals surface area contributed by atoms with Crippen molar-refractivity contribution in [3.63, 3.8) is 0 Å². The topological polar surface area (TPSA) is 84.2 Å². The number of amides is 1. The second kappa shape index (κ2) is 5.95. The van der Waals surface area contributed by atoms with Gasteiger partial charge in [0.2, 0.25) is 5.91 Å². The molecule has 2 unspecified atom stereocenters. The lowest BCUT2D eigenvalue weighted by Gasteiger charge is -2.17. The maximum atomic E-state index is 12.0. The second-order valence-corrected chi connectivity index (χ2v) is 5.25. The third-order valence-corrected chi connectivity index (χ3v) is 3.69. The number of fused-ring (bicyclic) bond motifs is 1. The summed E-state index contributed by atoms with van der Waals surface area (Å²) in [6.07, 6.45) is 0.137. The van der Waals surface area contributed by atoms with E-state index in [9.17, 15) is 9.59 Å². The van der Waals surface area contributed by atoms with E-state index in [0.717, 1.165) is 10.9 Å². The third kappa shape index (κ3) is 3.21. The molecule has 0 radical (unpaired) electrons. The fourth-order valence-corrected chi connectivity index (χ4v) is 2.22. The molecule has 0 aliphatic heterocycles. The van der Waals surface area contributed by atoms with E-state index in [0.29, 0.717) is 5.69 Å². The van der Waals surface area contributed by atoms with Gasteiger partial charge in [0.15, 0.2) is 0 Å². The van der Waals surface area contributed by atoms with Crippen molar-refractivity contribution in [1.82, 2.24) is 15.1 Å². The van der Waals surface area contributed by atoms with Crippen molar-refractivity contribution in [2.45, 2.75) is 26.3 Å². The summed E-state index contributed by atoms with van der Waals surface area (Å²) in [5.41, 5.74) is 1.66. The summed E-state index contributed by atoms with van der Waals surface area (Å²) in [7, 11) is 1.83. The molecule has 2 rings (SSSR count). The quantitative estimate of drug-likeness (QED) is 0.870. The normalized spacial score (nSPS) is 13.9. The van der Waals surface area contributed by atoms with Gasteiger partial charge in [0.25, 0.3) is 0 Å². The summed E-state index contributed by atoms with van der Waals surface area (Å²) in [6.45, 7) is 3.26. The van der Waals surface area contributed by atoms with Gasteiger partial charge in [0.05, 0.1) is 23.5 Å². The molecule has 0 aliphatic rings. The van der Waals surface area contributed by atoms with Gasteiger partial charge < -0.3 is 10.4 Å². The molecule has 21 heavy (non-hydrogen) atoms. The average Bonchev–Trinajstić information content (AvgIpc) is 2.75. The number of carboxylic acid groups (broad SMARTS) is 1. The zero-order chi connectivity index (χ0) is 15.6. The maximum absolute atomic E-state index is 12.0. The molecule has 1 heterocycles. The van der Waals surface area contributed by atoms with Crippen molar-refractivity contribution in [2.24, 2.45) is 13.0 Å². The Kier molecular flexibility index (Phi) is 4.26. The summed E-state index contributed by atoms with van der Waals surface area (Å²) in [6, 6.07) is 7.27. The number of aliphatic carboxylic acids is 1. The molecule has 2 atom stereocenters. The lowest BCUT2D eigenvalue weighted by Crippen LogP contribution is -2.40. The fourth-order valence-electron chi connectivity index (χ4n) is 2.22. The largest absolute Gasteiger partial charge is 0.481 e. The van der Waals surface area contributed by atoms with Crippen LogP contribution >= 0.6 is 0 Å². The molecular formula is C15H19N3O3. The third-order valence-electron chi connectivity index (χ3n) is 3.69. The number of rotatable bonds is 5. The van der Waals surface area contributed by atoms with Crippen LogP contribution in [0.3, 0.4) is 0 Å². The van der Waals surface area contributed by atoms with Crippen LogP contribution in [0.5, 0.6) is 0 Å². The number of carbonyl (C=O) groups is 2. The molecule has 1 aromatic heterocycles. The van der Waals surface area contributed by atoms with E-state index in [2.05, 4.69) is 10.4 Å². The van der Waals surface area contributed by atoms with E-state index in [1.54, 1.807) is 18.5 Å². The first-order chi connectivity index (χ1) is 9.90. The van der Waals surface area contributed by atoms with Gasteiger partial charge in [-0.05, 0) is 19.9 Å². The minimum Gasteiger partial charge on any atom is -0.481 e. The van der Waals surface area contributed by atoms with E-state index in [4.69, 9.17) is 5.11 Å². The van der Waals surface area contributed by atoms with E-state index in [1.807, 2.05) is 31.3 Å². The minimum absolute atomic E-state index is 0.137. The number of benzene rings is 1. The van der Waals surface area contributed by atoms with Crippen molar-refractivity contribution in [3.05, 3.63) is 30.0 Å². The Morgan fingerprint density at radius 3 is 2.67 bits per heavy atom. The average molecular weight is 289 g/mol. The lowest BCUT2D eigenvalue weighted by molar-refractivity contribution is -0.142. The molecule has 6 heteroatoms. The predicted molar refractivity (Wildman–Crippen MR) is 78.8 cm³/mol. The Morgan fingerprint density at radius 2 is 2.00 bits per heavy atom. The van der Waals surface area contributed by atoms with Crippen molar-refractivity contribution in [1.29, 1.82) is 0 Å². The van der Waals surface area contributed by atoms with Crippen LogP contribution in [-0.4, -0.2) is 32.8 Å². The summed E-state index contributed by atoms with van der Waals surface area (Å²) >= 11 is 0. The van der Waals surface area contributed by atoms with Crippen molar-refractivity contribution in [3.8, 4) is 0 Å². The first-order valence-electron chi connectivity index (χ1n) is 6.83. The van der Waals surface area contributed by atoms with Crippen molar-refractivity contribution in [2.75, 3.05) is 0 Å². The fraction of sp³-hybridized carbons (Fsp3) is 0.400. The van der Waals surface area contributed by atoms with Crippen LogP contribution < -0.4 is 5.32 Å². The van der Waals surface area contributed by atoms with Crippen molar-refractivity contribution < 1.29 is 14.7 Å². The number of carbonyl (C=O) groups excluding carboxylic acids is 1. The monoisotopic (exact) mass is 289 g/mol. The van der Waals surface area contributed by atoms with Gasteiger partial charge in [-0.3, -0.25) is 14.3 Å². The van der Waals surface area contributed by atoms with Gasteiger partial charge in [-0.15, -0.1) is 0 Å². The summed E-state index contributed by atoms with van der Waals surface area (Å²) in [5.74, 6) is -1.78. The van der Waals surface area contributed by atoms with Crippen LogP contribution in [0, 0.1) is 5.92 Å². The number of carboxylic acids is 1. The molecular weight excluding hydrogens is 270 g/mol. The van der Waals surface area contributed by atoms with Crippen LogP contribution in [-0.2, 0) is 23.1 Å². The van der Waals surface area contributed by atoms with E-state index in [1.165, 1.54) is 0 Å². The molecule has 0 spiro atoms. The van der Waals surface area contributed by atoms with Gasteiger partial charge in [-0.2, -0.15) is 5.10 Å². The smallest absolute Gasteiger partial charge is 0.308 e. The standard InChI is InChI=1S/C15H19N3O3/c1-9(15(20)21)10(2)16-14(19)8-12-11-6-4-5-7-13(11)18(3)17-12/h4-7,9-10H,8H2,1-3H3,(H,16,19)(H,20,21). The Bertz CT molecular complexity index is 678. The zero-order valence-corrected chi connectivity index (χ0v) is 12.3. The summed E-state index contributed by atoms with van der Waals surface area (Å²) < 4.78 is 1.74. The predicted octanol–water partition coefficient (Wildman–Crippen LogP) is 1.34. The van der Waals surface area contributed by atoms with Gasteiger partial charge >= 0.3 is 5.97 Å². The summed E-state index contributed by atoms with van der Waals surface area (Å²) in [4.78, 5) is 22.9. The van der Waals surface area contributed by atoms with Gasteiger partial charge in [0.1, 0.15) is 0 Å². The van der Waals surface area contributed by atoms with Crippen LogP contribution in [0.2, 0.25) is 0 Å². The molecule has 0 bridgehead atoms. The number of nitrogens with one attached hydrogen (secondary N) is 1. The Morgan fingerprint density at radius 1 is 1.33 bits per heavy atom. The molecule has 0 fully saturated rings. The molecule has 112 valence electrons. The van der Waals surface area contributed by atoms with Crippen molar-refractivity contribution >= 4 is 22.8 Å². The lowest BCUT2D eigenvalue weighted by atomic mass is 10.0. The van der Waals surface area contributed by atoms with E-state index < -0.39 is 17.9 Å². The molecule has 0 aliphatic carbocycles. The SMILES string of the molecule is CC(NC(=O)Cc1nn(C)c2ccccc12)C(C)C(=O)O. The molecule has 1 aromatic carbocycles. The first kappa shape index (κ1) is 15.0. The Labute approximate surface area is 122 Å². The molecule has 0 saturated heterocycles. The highest BCUT2D eigenvalue weighted by Crippen LogP contribution is 2.17. The van der Waals surface area contributed by atoms with Crippen LogP contribution in [0.4, 0.5) is 0 Å². The number of nitrogens with zero attached hydrogens (tertiary/aromatic N) is 2. The summed E-state index contributed by atoms with van der Waals surface area (Å²) in [5, 5.41) is 16.9.